The number of rotatable bonds is 31. The molecule has 2 aromatic heterocycles. The second kappa shape index (κ2) is 32.3. The number of likely N-dealkylation sites (N-methyl/N-ethyl adjacent to an activating group) is 1. The van der Waals surface area contributed by atoms with Gasteiger partial charge in [0, 0.05) is 86.4 Å². The van der Waals surface area contributed by atoms with E-state index in [-0.39, 0.29) is 81.6 Å². The van der Waals surface area contributed by atoms with Crippen molar-refractivity contribution in [2.75, 3.05) is 26.2 Å². The molecular weight excluding hydrogens is 1140 g/mol. The van der Waals surface area contributed by atoms with Gasteiger partial charge in [0.2, 0.25) is 53.2 Å². The molecular formula is C64H82N14O11. The van der Waals surface area contributed by atoms with Gasteiger partial charge in [-0.3, -0.25) is 48.1 Å². The number of aliphatic hydroxyl groups excluding tert-OH is 1. The number of aliphatic imine (C=N–C) groups is 1. The lowest BCUT2D eigenvalue weighted by atomic mass is 9.99. The highest BCUT2D eigenvalue weighted by molar-refractivity contribution is 5.99. The molecule has 1 fully saturated rings. The van der Waals surface area contributed by atoms with Crippen LogP contribution in [0.25, 0.3) is 21.8 Å². The van der Waals surface area contributed by atoms with Crippen molar-refractivity contribution in [3.05, 3.63) is 138 Å². The molecule has 16 N–H and O–H groups in total. The number of carbonyl (C=O) groups is 9. The molecule has 0 aliphatic carbocycles. The summed E-state index contributed by atoms with van der Waals surface area (Å²) in [4.78, 5) is 140. The van der Waals surface area contributed by atoms with Crippen LogP contribution in [0.15, 0.2) is 121 Å². The number of amides is 9. The van der Waals surface area contributed by atoms with E-state index in [0.717, 1.165) is 27.4 Å². The first-order valence-electron chi connectivity index (χ1n) is 30.0. The minimum Gasteiger partial charge on any atom is -0.508 e. The Hall–Kier alpha value is -9.78. The summed E-state index contributed by atoms with van der Waals surface area (Å²) in [7, 11) is 0. The van der Waals surface area contributed by atoms with Crippen LogP contribution in [0.4, 0.5) is 0 Å². The molecule has 89 heavy (non-hydrogen) atoms. The van der Waals surface area contributed by atoms with E-state index in [1.54, 1.807) is 55.7 Å². The molecule has 3 heterocycles. The molecule has 0 bridgehead atoms. The van der Waals surface area contributed by atoms with Crippen molar-refractivity contribution in [1.82, 2.24) is 57.4 Å². The van der Waals surface area contributed by atoms with Gasteiger partial charge in [0.15, 0.2) is 5.96 Å². The lowest BCUT2D eigenvalue weighted by Crippen LogP contribution is -2.61. The highest BCUT2D eigenvalue weighted by atomic mass is 16.3. The second-order valence-electron chi connectivity index (χ2n) is 22.7. The lowest BCUT2D eigenvalue weighted by Gasteiger charge is -2.30. The molecule has 25 heteroatoms. The molecule has 25 nitrogen and oxygen atoms in total. The molecule has 8 atom stereocenters. The second-order valence-corrected chi connectivity index (χ2v) is 22.7. The van der Waals surface area contributed by atoms with Crippen molar-refractivity contribution in [1.29, 1.82) is 0 Å². The zero-order chi connectivity index (χ0) is 64.1. The third-order valence-electron chi connectivity index (χ3n) is 15.4. The Morgan fingerprint density at radius 3 is 1.57 bits per heavy atom. The maximum atomic E-state index is 15.0. The van der Waals surface area contributed by atoms with Gasteiger partial charge in [-0.2, -0.15) is 0 Å². The first kappa shape index (κ1) is 66.7. The van der Waals surface area contributed by atoms with Crippen molar-refractivity contribution in [2.24, 2.45) is 22.4 Å². The van der Waals surface area contributed by atoms with Gasteiger partial charge >= 0.3 is 0 Å². The zero-order valence-electron chi connectivity index (χ0n) is 50.5. The molecule has 1 aliphatic heterocycles. The number of hydrogen-bond acceptors (Lipinski definition) is 12. The smallest absolute Gasteiger partial charge is 0.245 e. The summed E-state index contributed by atoms with van der Waals surface area (Å²) in [5.74, 6) is -6.80. The summed E-state index contributed by atoms with van der Waals surface area (Å²) >= 11 is 0. The van der Waals surface area contributed by atoms with Crippen LogP contribution in [0.3, 0.4) is 0 Å². The Bertz CT molecular complexity index is 3460. The summed E-state index contributed by atoms with van der Waals surface area (Å²) in [6.45, 7) is 6.49. The number of phenolic OH excluding ortho intramolecular Hbond substituents is 1. The van der Waals surface area contributed by atoms with Gasteiger partial charge in [-0.05, 0) is 91.5 Å². The first-order chi connectivity index (χ1) is 42.7. The molecule has 7 rings (SSSR count). The minimum atomic E-state index is -1.73. The van der Waals surface area contributed by atoms with Crippen LogP contribution in [0.2, 0.25) is 0 Å². The van der Waals surface area contributed by atoms with Crippen LogP contribution in [0.5, 0.6) is 5.75 Å². The number of aromatic hydroxyl groups is 1. The van der Waals surface area contributed by atoms with Crippen molar-refractivity contribution in [2.45, 2.75) is 134 Å². The number of phenols is 1. The predicted octanol–water partition coefficient (Wildman–Crippen LogP) is 1.26. The fraction of sp³-hybridized carbons (Fsp3) is 0.406. The Labute approximate surface area is 515 Å². The number of benzene rings is 4. The Balaban J connectivity index is 1.16. The number of guanidine groups is 1. The number of fused-ring (bicyclic) bond motifs is 2. The van der Waals surface area contributed by atoms with Crippen LogP contribution >= 0.6 is 0 Å². The van der Waals surface area contributed by atoms with Crippen LogP contribution in [-0.4, -0.2) is 159 Å². The Morgan fingerprint density at radius 2 is 1.06 bits per heavy atom. The van der Waals surface area contributed by atoms with Gasteiger partial charge in [0.05, 0.1) is 6.61 Å². The first-order valence-corrected chi connectivity index (χ1v) is 30.0. The SMILES string of the molecule is CCNC(=O)[C@H]1CCCN1C(=O)[C@H](CCCN=C(N)N)NC(=O)[C@H](CC(C)C)NC(=O)[C@@H](Cc1c[nH]c2ccccc12)NC(=O)[C@H](Cc1ccc(O)cc1)NC(=O)[C@H](CO)NC(=O)[C@H](Cc1c[nH]c2ccccc12)NC(=O)[C@H](Cc1ccccc1)NC(C)=O. The Morgan fingerprint density at radius 1 is 0.596 bits per heavy atom. The topological polar surface area (TPSA) is 390 Å². The van der Waals surface area contributed by atoms with Crippen LogP contribution in [-0.2, 0) is 68.8 Å². The molecule has 9 amide bonds. The van der Waals surface area contributed by atoms with Gasteiger partial charge in [0.1, 0.15) is 54.1 Å². The maximum Gasteiger partial charge on any atom is 0.245 e. The van der Waals surface area contributed by atoms with E-state index >= 15 is 9.59 Å². The number of nitrogens with zero attached hydrogens (tertiary/aromatic N) is 2. The number of aromatic nitrogens is 2. The zero-order valence-corrected chi connectivity index (χ0v) is 50.5. The number of nitrogens with one attached hydrogen (secondary N) is 10. The summed E-state index contributed by atoms with van der Waals surface area (Å²) in [5, 5.41) is 44.5. The molecule has 474 valence electrons. The number of hydrogen-bond donors (Lipinski definition) is 14. The van der Waals surface area contributed by atoms with E-state index in [1.807, 2.05) is 56.3 Å². The van der Waals surface area contributed by atoms with Crippen molar-refractivity contribution >= 4 is 80.9 Å². The molecule has 6 aromatic rings. The number of nitrogens with two attached hydrogens (primary N) is 2. The average molecular weight is 1220 g/mol. The van der Waals surface area contributed by atoms with Crippen molar-refractivity contribution < 1.29 is 53.4 Å². The van der Waals surface area contributed by atoms with Gasteiger partial charge in [0.25, 0.3) is 0 Å². The summed E-state index contributed by atoms with van der Waals surface area (Å²) < 4.78 is 0. The maximum absolute atomic E-state index is 15.0. The molecule has 1 aliphatic rings. The van der Waals surface area contributed by atoms with E-state index in [9.17, 15) is 43.8 Å². The van der Waals surface area contributed by atoms with Crippen LogP contribution < -0.4 is 54.0 Å². The molecule has 1 saturated heterocycles. The van der Waals surface area contributed by atoms with Gasteiger partial charge < -0.3 is 79.1 Å². The van der Waals surface area contributed by atoms with E-state index < -0.39 is 102 Å². The number of carbonyl (C=O) groups excluding carboxylic acids is 9. The third kappa shape index (κ3) is 19.1. The van der Waals surface area contributed by atoms with Crippen molar-refractivity contribution in [3.8, 4) is 5.75 Å². The van der Waals surface area contributed by atoms with Crippen molar-refractivity contribution in [3.63, 3.8) is 0 Å². The van der Waals surface area contributed by atoms with E-state index in [2.05, 4.69) is 57.5 Å². The average Bonchev–Trinajstić information content (AvgIpc) is 4.50. The number of aromatic amines is 2. The van der Waals surface area contributed by atoms with E-state index in [4.69, 9.17) is 11.5 Å². The van der Waals surface area contributed by atoms with Gasteiger partial charge in [-0.15, -0.1) is 0 Å². The molecule has 0 spiro atoms. The highest BCUT2D eigenvalue weighted by Crippen LogP contribution is 2.24. The lowest BCUT2D eigenvalue weighted by molar-refractivity contribution is -0.142. The molecule has 4 aromatic carbocycles. The number of likely N-dealkylation sites (tertiary alicyclic amines) is 1. The summed E-state index contributed by atoms with van der Waals surface area (Å²) in [6, 6.07) is 18.9. The predicted molar refractivity (Wildman–Crippen MR) is 335 cm³/mol. The van der Waals surface area contributed by atoms with Gasteiger partial charge in [-0.25, -0.2) is 0 Å². The fourth-order valence-electron chi connectivity index (χ4n) is 10.9. The molecule has 0 unspecified atom stereocenters. The quantitative estimate of drug-likeness (QED) is 0.0166. The highest BCUT2D eigenvalue weighted by Gasteiger charge is 2.39. The fourth-order valence-corrected chi connectivity index (χ4v) is 10.9. The van der Waals surface area contributed by atoms with E-state index in [0.29, 0.717) is 36.1 Å². The normalized spacial score (nSPS) is 15.3. The summed E-state index contributed by atoms with van der Waals surface area (Å²) in [6.07, 6.45) is 4.35. The third-order valence-corrected chi connectivity index (χ3v) is 15.4. The van der Waals surface area contributed by atoms with Gasteiger partial charge in [-0.1, -0.05) is 92.7 Å². The minimum absolute atomic E-state index is 0.0754. The van der Waals surface area contributed by atoms with Crippen LogP contribution in [0, 0.1) is 5.92 Å². The standard InChI is InChI=1S/C64H82N14O11/c1-5-67-62(88)55-22-14-28-78(55)63(89)48(21-13-27-68-64(65)66)72-56(82)49(29-37(2)3)73-59(85)52(32-41-34-69-46-19-11-9-17-44(41)46)76-58(84)51(31-40-23-25-43(81)26-24-40)74-61(87)54(36-79)77-60(86)53(33-42-35-70-47-20-12-10-18-45(42)47)75-57(83)50(71-38(4)80)30-39-15-7-6-8-16-39/h6-12,15-20,23-26,34-35,37,48-55,69-70,79,81H,5,13-14,21-22,27-33,36H2,1-4H3,(H,67,88)(H,71,80)(H,72,82)(H,73,85)(H,74,87)(H,75,83)(H,76,84)(H,77,86)(H4,65,66,68)/t48-,49-,50-,51-,52+,53-,54-,55+/m0/s1. The molecule has 0 saturated carbocycles. The molecule has 0 radical (unpaired) electrons. The Kier molecular flexibility index (Phi) is 24.2. The number of para-hydroxylation sites is 2. The number of H-pyrrole nitrogens is 2. The van der Waals surface area contributed by atoms with E-state index in [1.165, 1.54) is 36.1 Å². The largest absolute Gasteiger partial charge is 0.508 e. The summed E-state index contributed by atoms with van der Waals surface area (Å²) in [5.41, 5.74) is 15.0. The van der Waals surface area contributed by atoms with Crippen LogP contribution in [0.1, 0.15) is 82.1 Å². The number of aliphatic hydroxyl groups is 1. The monoisotopic (exact) mass is 1220 g/mol.